The Balaban J connectivity index is 1.71. The Morgan fingerprint density at radius 1 is 0.935 bits per heavy atom. The van der Waals surface area contributed by atoms with E-state index in [1.165, 1.54) is 16.7 Å². The highest BCUT2D eigenvalue weighted by Gasteiger charge is 2.39. The SMILES string of the molecule is CC(C)(C)c1ccc(NC2=C(c3ccc(Cl)cc3)C(=O)N(Cc3ccco3)C2=O)cc1. The fraction of sp³-hybridized carbons (Fsp3) is 0.200. The van der Waals surface area contributed by atoms with Crippen molar-refractivity contribution < 1.29 is 14.0 Å². The molecular formula is C25H23ClN2O3. The van der Waals surface area contributed by atoms with Crippen LogP contribution in [0.2, 0.25) is 5.02 Å². The van der Waals surface area contributed by atoms with Crippen LogP contribution in [0.1, 0.15) is 37.7 Å². The van der Waals surface area contributed by atoms with E-state index >= 15 is 0 Å². The van der Waals surface area contributed by atoms with Gasteiger partial charge in [-0.1, -0.05) is 56.6 Å². The number of imide groups is 1. The molecule has 0 bridgehead atoms. The standard InChI is InChI=1S/C25H23ClN2O3/c1-25(2,3)17-8-12-19(13-9-17)27-22-21(16-6-10-18(26)11-7-16)23(29)28(24(22)30)15-20-5-4-14-31-20/h4-14,27H,15H2,1-3H3. The molecule has 0 radical (unpaired) electrons. The van der Waals surface area contributed by atoms with Crippen LogP contribution in [0.15, 0.2) is 77.0 Å². The molecule has 1 N–H and O–H groups in total. The second-order valence-corrected chi connectivity index (χ2v) is 8.92. The average molecular weight is 435 g/mol. The van der Waals surface area contributed by atoms with Gasteiger partial charge >= 0.3 is 0 Å². The Labute approximate surface area is 186 Å². The number of hydrogen-bond acceptors (Lipinski definition) is 4. The lowest BCUT2D eigenvalue weighted by atomic mass is 9.87. The maximum absolute atomic E-state index is 13.2. The van der Waals surface area contributed by atoms with Crippen LogP contribution in [-0.2, 0) is 21.5 Å². The molecule has 2 aromatic carbocycles. The first kappa shape index (κ1) is 20.9. The highest BCUT2D eigenvalue weighted by atomic mass is 35.5. The summed E-state index contributed by atoms with van der Waals surface area (Å²) in [5.74, 6) is -0.239. The molecule has 1 aliphatic rings. The quantitative estimate of drug-likeness (QED) is 0.529. The van der Waals surface area contributed by atoms with E-state index in [0.29, 0.717) is 21.9 Å². The van der Waals surface area contributed by atoms with Crippen LogP contribution in [0.3, 0.4) is 0 Å². The van der Waals surface area contributed by atoms with E-state index in [0.717, 1.165) is 5.69 Å². The van der Waals surface area contributed by atoms with Gasteiger partial charge in [-0.05, 0) is 52.9 Å². The third kappa shape index (κ3) is 4.28. The van der Waals surface area contributed by atoms with E-state index in [4.69, 9.17) is 16.0 Å². The first-order valence-corrected chi connectivity index (χ1v) is 10.4. The van der Waals surface area contributed by atoms with Crippen LogP contribution < -0.4 is 5.32 Å². The molecule has 0 atom stereocenters. The van der Waals surface area contributed by atoms with Crippen molar-refractivity contribution in [2.24, 2.45) is 0 Å². The minimum Gasteiger partial charge on any atom is -0.467 e. The Morgan fingerprint density at radius 3 is 2.19 bits per heavy atom. The van der Waals surface area contributed by atoms with Gasteiger partial charge in [-0.2, -0.15) is 0 Å². The van der Waals surface area contributed by atoms with Crippen molar-refractivity contribution in [3.05, 3.63) is 94.5 Å². The van der Waals surface area contributed by atoms with Gasteiger partial charge < -0.3 is 9.73 Å². The number of hydrogen-bond donors (Lipinski definition) is 1. The van der Waals surface area contributed by atoms with Crippen molar-refractivity contribution >= 4 is 34.7 Å². The largest absolute Gasteiger partial charge is 0.467 e. The lowest BCUT2D eigenvalue weighted by Crippen LogP contribution is -2.31. The Bertz CT molecular complexity index is 1140. The number of carbonyl (C=O) groups excluding carboxylic acids is 2. The molecular weight excluding hydrogens is 412 g/mol. The van der Waals surface area contributed by atoms with Gasteiger partial charge in [0.05, 0.1) is 18.4 Å². The normalized spacial score (nSPS) is 14.5. The van der Waals surface area contributed by atoms with Crippen LogP contribution in [-0.4, -0.2) is 16.7 Å². The van der Waals surface area contributed by atoms with Crippen LogP contribution in [0, 0.1) is 0 Å². The molecule has 0 unspecified atom stereocenters. The van der Waals surface area contributed by atoms with Crippen LogP contribution >= 0.6 is 11.6 Å². The molecule has 3 aromatic rings. The fourth-order valence-corrected chi connectivity index (χ4v) is 3.60. The number of amides is 2. The predicted molar refractivity (Wildman–Crippen MR) is 121 cm³/mol. The van der Waals surface area contributed by atoms with Crippen molar-refractivity contribution in [2.45, 2.75) is 32.7 Å². The molecule has 1 aromatic heterocycles. The summed E-state index contributed by atoms with van der Waals surface area (Å²) in [6, 6.07) is 18.2. The molecule has 5 nitrogen and oxygen atoms in total. The van der Waals surface area contributed by atoms with Crippen LogP contribution in [0.25, 0.3) is 5.57 Å². The molecule has 1 aliphatic heterocycles. The van der Waals surface area contributed by atoms with E-state index in [9.17, 15) is 9.59 Å². The number of anilines is 1. The summed E-state index contributed by atoms with van der Waals surface area (Å²) in [5.41, 5.74) is 3.10. The first-order valence-electron chi connectivity index (χ1n) is 10.0. The molecule has 2 amide bonds. The summed E-state index contributed by atoms with van der Waals surface area (Å²) in [4.78, 5) is 27.7. The Morgan fingerprint density at radius 2 is 1.61 bits per heavy atom. The lowest BCUT2D eigenvalue weighted by Gasteiger charge is -2.19. The number of nitrogens with zero attached hydrogens (tertiary/aromatic N) is 1. The molecule has 6 heteroatoms. The molecule has 2 heterocycles. The molecule has 0 saturated carbocycles. The van der Waals surface area contributed by atoms with Crippen molar-refractivity contribution in [1.29, 1.82) is 0 Å². The average Bonchev–Trinajstić information content (AvgIpc) is 3.32. The van der Waals surface area contributed by atoms with Crippen molar-refractivity contribution in [3.8, 4) is 0 Å². The Kier molecular flexibility index (Phi) is 5.46. The number of benzene rings is 2. The number of carbonyl (C=O) groups is 2. The summed E-state index contributed by atoms with van der Waals surface area (Å²) in [5, 5.41) is 3.73. The zero-order chi connectivity index (χ0) is 22.2. The van der Waals surface area contributed by atoms with Crippen molar-refractivity contribution in [3.63, 3.8) is 0 Å². The summed E-state index contributed by atoms with van der Waals surface area (Å²) in [7, 11) is 0. The second-order valence-electron chi connectivity index (χ2n) is 8.49. The van der Waals surface area contributed by atoms with Gasteiger partial charge in [0.25, 0.3) is 11.8 Å². The lowest BCUT2D eigenvalue weighted by molar-refractivity contribution is -0.137. The minimum absolute atomic E-state index is 0.0191. The molecule has 4 rings (SSSR count). The molecule has 0 spiro atoms. The monoisotopic (exact) mass is 434 g/mol. The summed E-state index contributed by atoms with van der Waals surface area (Å²) >= 11 is 6.02. The summed E-state index contributed by atoms with van der Waals surface area (Å²) in [6.45, 7) is 6.49. The zero-order valence-corrected chi connectivity index (χ0v) is 18.4. The van der Waals surface area contributed by atoms with Gasteiger partial charge in [0.15, 0.2) is 0 Å². The minimum atomic E-state index is -0.397. The number of nitrogens with one attached hydrogen (secondary N) is 1. The predicted octanol–water partition coefficient (Wildman–Crippen LogP) is 5.62. The maximum Gasteiger partial charge on any atom is 0.278 e. The van der Waals surface area contributed by atoms with E-state index in [1.54, 1.807) is 36.4 Å². The maximum atomic E-state index is 13.2. The fourth-order valence-electron chi connectivity index (χ4n) is 3.48. The van der Waals surface area contributed by atoms with Gasteiger partial charge in [-0.25, -0.2) is 0 Å². The smallest absolute Gasteiger partial charge is 0.278 e. The van der Waals surface area contributed by atoms with Crippen molar-refractivity contribution in [2.75, 3.05) is 5.32 Å². The van der Waals surface area contributed by atoms with Gasteiger partial charge in [-0.3, -0.25) is 14.5 Å². The van der Waals surface area contributed by atoms with Gasteiger partial charge in [-0.15, -0.1) is 0 Å². The number of furan rings is 1. The van der Waals surface area contributed by atoms with Crippen LogP contribution in [0.5, 0.6) is 0 Å². The number of rotatable bonds is 5. The molecule has 158 valence electrons. The highest BCUT2D eigenvalue weighted by Crippen LogP contribution is 2.32. The van der Waals surface area contributed by atoms with E-state index < -0.39 is 5.91 Å². The molecule has 0 aliphatic carbocycles. The number of halogens is 1. The van der Waals surface area contributed by atoms with E-state index in [-0.39, 0.29) is 23.6 Å². The van der Waals surface area contributed by atoms with Gasteiger partial charge in [0, 0.05) is 10.7 Å². The summed E-state index contributed by atoms with van der Waals surface area (Å²) < 4.78 is 5.34. The molecule has 0 saturated heterocycles. The van der Waals surface area contributed by atoms with Crippen LogP contribution in [0.4, 0.5) is 5.69 Å². The molecule has 0 fully saturated rings. The third-order valence-corrected chi connectivity index (χ3v) is 5.47. The second kappa shape index (κ2) is 8.08. The Hall–Kier alpha value is -3.31. The first-order chi connectivity index (χ1) is 14.7. The van der Waals surface area contributed by atoms with E-state index in [1.807, 2.05) is 24.3 Å². The van der Waals surface area contributed by atoms with E-state index in [2.05, 4.69) is 26.1 Å². The third-order valence-electron chi connectivity index (χ3n) is 5.22. The summed E-state index contributed by atoms with van der Waals surface area (Å²) in [6.07, 6.45) is 1.52. The van der Waals surface area contributed by atoms with Gasteiger partial charge in [0.1, 0.15) is 11.5 Å². The topological polar surface area (TPSA) is 62.6 Å². The van der Waals surface area contributed by atoms with Gasteiger partial charge in [0.2, 0.25) is 0 Å². The highest BCUT2D eigenvalue weighted by molar-refractivity contribution is 6.36. The zero-order valence-electron chi connectivity index (χ0n) is 17.6. The molecule has 31 heavy (non-hydrogen) atoms. The van der Waals surface area contributed by atoms with Crippen molar-refractivity contribution in [1.82, 2.24) is 4.90 Å².